The summed E-state index contributed by atoms with van der Waals surface area (Å²) in [5.41, 5.74) is -0.422. The fourth-order valence-electron chi connectivity index (χ4n) is 1.79. The van der Waals surface area contributed by atoms with Crippen LogP contribution in [0.2, 0.25) is 4.34 Å². The predicted octanol–water partition coefficient (Wildman–Crippen LogP) is 3.00. The van der Waals surface area contributed by atoms with Gasteiger partial charge in [0.25, 0.3) is 0 Å². The molecule has 78 valence electrons. The summed E-state index contributed by atoms with van der Waals surface area (Å²) >= 11 is 7.24. The van der Waals surface area contributed by atoms with Gasteiger partial charge < -0.3 is 9.84 Å². The van der Waals surface area contributed by atoms with Crippen molar-refractivity contribution in [2.45, 2.75) is 31.5 Å². The molecule has 2 heterocycles. The summed E-state index contributed by atoms with van der Waals surface area (Å²) in [6.45, 7) is 2.70. The molecule has 2 rings (SSSR count). The first-order valence-corrected chi connectivity index (χ1v) is 5.88. The van der Waals surface area contributed by atoms with Crippen LogP contribution in [0.5, 0.6) is 0 Å². The number of rotatable bonds is 2. The van der Waals surface area contributed by atoms with Gasteiger partial charge in [-0.05, 0) is 31.9 Å². The van der Waals surface area contributed by atoms with Gasteiger partial charge in [-0.15, -0.1) is 11.3 Å². The molecule has 0 spiro atoms. The zero-order valence-corrected chi connectivity index (χ0v) is 9.57. The molecule has 0 aromatic carbocycles. The Morgan fingerprint density at radius 1 is 1.64 bits per heavy atom. The summed E-state index contributed by atoms with van der Waals surface area (Å²) in [5.74, 6) is 0. The van der Waals surface area contributed by atoms with Gasteiger partial charge in [0.15, 0.2) is 0 Å². The van der Waals surface area contributed by atoms with Crippen LogP contribution < -0.4 is 0 Å². The summed E-state index contributed by atoms with van der Waals surface area (Å²) in [4.78, 5) is 0.888. The van der Waals surface area contributed by atoms with Gasteiger partial charge in [-0.3, -0.25) is 0 Å². The molecule has 14 heavy (non-hydrogen) atoms. The topological polar surface area (TPSA) is 29.5 Å². The predicted molar refractivity (Wildman–Crippen MR) is 57.9 cm³/mol. The fourth-order valence-corrected chi connectivity index (χ4v) is 2.98. The number of aliphatic hydroxyl groups is 1. The van der Waals surface area contributed by atoms with Gasteiger partial charge in [0.05, 0.1) is 9.94 Å². The quantitative estimate of drug-likeness (QED) is 0.850. The van der Waals surface area contributed by atoms with E-state index in [2.05, 4.69) is 0 Å². The van der Waals surface area contributed by atoms with Crippen molar-refractivity contribution in [2.24, 2.45) is 0 Å². The molecule has 1 aromatic heterocycles. The Morgan fingerprint density at radius 3 is 2.93 bits per heavy atom. The minimum absolute atomic E-state index is 0.422. The van der Waals surface area contributed by atoms with E-state index in [0.717, 1.165) is 24.3 Å². The minimum Gasteiger partial charge on any atom is -0.385 e. The molecule has 1 aromatic rings. The lowest BCUT2D eigenvalue weighted by Gasteiger charge is -2.28. The summed E-state index contributed by atoms with van der Waals surface area (Å²) in [7, 11) is 0. The molecule has 0 saturated carbocycles. The van der Waals surface area contributed by atoms with Crippen LogP contribution in [-0.4, -0.2) is 17.3 Å². The summed E-state index contributed by atoms with van der Waals surface area (Å²) < 4.78 is 6.29. The maximum Gasteiger partial charge on any atom is 0.117 e. The number of hydrogen-bond donors (Lipinski definition) is 1. The summed E-state index contributed by atoms with van der Waals surface area (Å²) in [5, 5.41) is 10.1. The van der Waals surface area contributed by atoms with Gasteiger partial charge >= 0.3 is 0 Å². The van der Waals surface area contributed by atoms with Crippen molar-refractivity contribution in [2.75, 3.05) is 6.61 Å². The van der Waals surface area contributed by atoms with Crippen LogP contribution in [0.25, 0.3) is 0 Å². The maximum atomic E-state index is 10.1. The summed E-state index contributed by atoms with van der Waals surface area (Å²) in [6, 6.07) is 3.67. The van der Waals surface area contributed by atoms with Gasteiger partial charge in [0.1, 0.15) is 6.10 Å². The molecule has 1 aliphatic heterocycles. The molecule has 2 atom stereocenters. The van der Waals surface area contributed by atoms with Crippen molar-refractivity contribution in [3.8, 4) is 0 Å². The van der Waals surface area contributed by atoms with E-state index in [1.807, 2.05) is 19.1 Å². The molecular formula is C10H13ClO2S. The standard InChI is InChI=1S/C10H13ClO2S/c1-10(5-2-6-13-10)9(12)7-3-4-8(11)14-7/h3-4,9,12H,2,5-6H2,1H3. The highest BCUT2D eigenvalue weighted by molar-refractivity contribution is 7.16. The second kappa shape index (κ2) is 3.81. The second-order valence-electron chi connectivity index (χ2n) is 3.81. The van der Waals surface area contributed by atoms with Crippen LogP contribution in [-0.2, 0) is 4.74 Å². The first-order chi connectivity index (χ1) is 6.62. The molecule has 0 radical (unpaired) electrons. The lowest BCUT2D eigenvalue weighted by molar-refractivity contribution is -0.0781. The smallest absolute Gasteiger partial charge is 0.117 e. The van der Waals surface area contributed by atoms with Gasteiger partial charge in [-0.1, -0.05) is 11.6 Å². The maximum absolute atomic E-state index is 10.1. The van der Waals surface area contributed by atoms with E-state index in [1.165, 1.54) is 11.3 Å². The van der Waals surface area contributed by atoms with E-state index < -0.39 is 11.7 Å². The lowest BCUT2D eigenvalue weighted by atomic mass is 9.94. The Labute approximate surface area is 92.5 Å². The molecule has 1 fully saturated rings. The van der Waals surface area contributed by atoms with Gasteiger partial charge in [0, 0.05) is 11.5 Å². The first kappa shape index (κ1) is 10.4. The Morgan fingerprint density at radius 2 is 2.43 bits per heavy atom. The number of aliphatic hydroxyl groups excluding tert-OH is 1. The van der Waals surface area contributed by atoms with Gasteiger partial charge in [-0.2, -0.15) is 0 Å². The Hall–Kier alpha value is -0.0900. The monoisotopic (exact) mass is 232 g/mol. The van der Waals surface area contributed by atoms with Crippen LogP contribution >= 0.6 is 22.9 Å². The van der Waals surface area contributed by atoms with E-state index in [4.69, 9.17) is 16.3 Å². The number of halogens is 1. The number of hydrogen-bond acceptors (Lipinski definition) is 3. The third-order valence-corrected chi connectivity index (χ3v) is 3.97. The molecular weight excluding hydrogens is 220 g/mol. The third kappa shape index (κ3) is 1.82. The SMILES string of the molecule is CC1(C(O)c2ccc(Cl)s2)CCCO1. The van der Waals surface area contributed by atoms with Crippen molar-refractivity contribution in [3.63, 3.8) is 0 Å². The average molecular weight is 233 g/mol. The van der Waals surface area contributed by atoms with Crippen LogP contribution in [0.15, 0.2) is 12.1 Å². The van der Waals surface area contributed by atoms with E-state index in [-0.39, 0.29) is 0 Å². The average Bonchev–Trinajstić information content (AvgIpc) is 2.74. The van der Waals surface area contributed by atoms with Crippen LogP contribution in [0.3, 0.4) is 0 Å². The van der Waals surface area contributed by atoms with Crippen molar-refractivity contribution in [3.05, 3.63) is 21.3 Å². The van der Waals surface area contributed by atoms with E-state index in [0.29, 0.717) is 4.34 Å². The molecule has 0 aliphatic carbocycles. The third-order valence-electron chi connectivity index (χ3n) is 2.69. The number of thiophene rings is 1. The van der Waals surface area contributed by atoms with E-state index in [9.17, 15) is 5.11 Å². The molecule has 0 amide bonds. The highest BCUT2D eigenvalue weighted by Crippen LogP contribution is 2.40. The van der Waals surface area contributed by atoms with Crippen molar-refractivity contribution >= 4 is 22.9 Å². The summed E-state index contributed by atoms with van der Waals surface area (Å²) in [6.07, 6.45) is 1.37. The zero-order chi connectivity index (χ0) is 10.2. The largest absolute Gasteiger partial charge is 0.385 e. The van der Waals surface area contributed by atoms with Crippen molar-refractivity contribution < 1.29 is 9.84 Å². The zero-order valence-electron chi connectivity index (χ0n) is 8.00. The minimum atomic E-state index is -0.553. The molecule has 1 saturated heterocycles. The molecule has 1 N–H and O–H groups in total. The van der Waals surface area contributed by atoms with Crippen LogP contribution in [0.4, 0.5) is 0 Å². The molecule has 0 bridgehead atoms. The van der Waals surface area contributed by atoms with E-state index >= 15 is 0 Å². The molecule has 2 nitrogen and oxygen atoms in total. The highest BCUT2D eigenvalue weighted by atomic mass is 35.5. The molecule has 4 heteroatoms. The molecule has 1 aliphatic rings. The Bertz CT molecular complexity index is 318. The van der Waals surface area contributed by atoms with Gasteiger partial charge in [-0.25, -0.2) is 0 Å². The van der Waals surface area contributed by atoms with Crippen molar-refractivity contribution in [1.29, 1.82) is 0 Å². The lowest BCUT2D eigenvalue weighted by Crippen LogP contribution is -2.31. The highest BCUT2D eigenvalue weighted by Gasteiger charge is 2.38. The van der Waals surface area contributed by atoms with Crippen molar-refractivity contribution in [1.82, 2.24) is 0 Å². The molecule has 2 unspecified atom stereocenters. The van der Waals surface area contributed by atoms with Gasteiger partial charge in [0.2, 0.25) is 0 Å². The Balaban J connectivity index is 2.18. The normalized spacial score (nSPS) is 29.4. The Kier molecular flexibility index (Phi) is 2.84. The fraction of sp³-hybridized carbons (Fsp3) is 0.600. The first-order valence-electron chi connectivity index (χ1n) is 4.69. The van der Waals surface area contributed by atoms with Crippen LogP contribution in [0, 0.1) is 0 Å². The van der Waals surface area contributed by atoms with Crippen LogP contribution in [0.1, 0.15) is 30.7 Å². The second-order valence-corrected chi connectivity index (χ2v) is 5.56. The number of ether oxygens (including phenoxy) is 1. The van der Waals surface area contributed by atoms with E-state index in [1.54, 1.807) is 0 Å².